The van der Waals surface area contributed by atoms with Gasteiger partial charge in [-0.3, -0.25) is 4.79 Å². The van der Waals surface area contributed by atoms with E-state index in [1.54, 1.807) is 0 Å². The lowest BCUT2D eigenvalue weighted by Crippen LogP contribution is -2.45. The second-order valence-corrected chi connectivity index (χ2v) is 4.86. The fraction of sp³-hybridized carbons (Fsp3) is 0.900. The molecule has 76 valence electrons. The highest BCUT2D eigenvalue weighted by Gasteiger charge is 2.26. The fourth-order valence-electron chi connectivity index (χ4n) is 1.78. The number of piperidine rings is 1. The Morgan fingerprint density at radius 1 is 1.62 bits per heavy atom. The van der Waals surface area contributed by atoms with E-state index in [2.05, 4.69) is 22.9 Å². The third kappa shape index (κ3) is 2.70. The quantitative estimate of drug-likeness (QED) is 0.688. The summed E-state index contributed by atoms with van der Waals surface area (Å²) in [5, 5.41) is 0. The van der Waals surface area contributed by atoms with Gasteiger partial charge in [0.05, 0.1) is 4.83 Å². The topological polar surface area (TPSA) is 20.3 Å². The molecule has 0 spiro atoms. The zero-order valence-electron chi connectivity index (χ0n) is 8.42. The Labute approximate surface area is 88.8 Å². The van der Waals surface area contributed by atoms with E-state index in [0.717, 1.165) is 19.4 Å². The summed E-state index contributed by atoms with van der Waals surface area (Å²) in [7, 11) is 0. The van der Waals surface area contributed by atoms with Crippen molar-refractivity contribution in [1.82, 2.24) is 4.90 Å². The van der Waals surface area contributed by atoms with Crippen LogP contribution < -0.4 is 0 Å². The summed E-state index contributed by atoms with van der Waals surface area (Å²) in [5.74, 6) is 0.273. The number of carbonyl (C=O) groups is 1. The average Bonchev–Trinajstić information content (AvgIpc) is 2.16. The van der Waals surface area contributed by atoms with Crippen molar-refractivity contribution in [1.29, 1.82) is 0 Å². The minimum Gasteiger partial charge on any atom is -0.339 e. The Balaban J connectivity index is 2.53. The van der Waals surface area contributed by atoms with Gasteiger partial charge in [0.15, 0.2) is 0 Å². The molecule has 0 aromatic heterocycles. The van der Waals surface area contributed by atoms with Crippen molar-refractivity contribution in [2.75, 3.05) is 6.54 Å². The number of likely N-dealkylation sites (tertiary alicyclic amines) is 1. The molecule has 0 radical (unpaired) electrons. The molecule has 1 rings (SSSR count). The van der Waals surface area contributed by atoms with Gasteiger partial charge in [0.25, 0.3) is 0 Å². The average molecular weight is 248 g/mol. The van der Waals surface area contributed by atoms with Gasteiger partial charge in [0, 0.05) is 12.6 Å². The molecule has 0 aliphatic carbocycles. The molecular weight excluding hydrogens is 230 g/mol. The number of hydrogen-bond donors (Lipinski definition) is 0. The number of rotatable bonds is 2. The van der Waals surface area contributed by atoms with Gasteiger partial charge in [0.1, 0.15) is 0 Å². The van der Waals surface area contributed by atoms with Crippen LogP contribution in [0.4, 0.5) is 0 Å². The molecule has 2 atom stereocenters. The van der Waals surface area contributed by atoms with Gasteiger partial charge in [-0.25, -0.2) is 0 Å². The van der Waals surface area contributed by atoms with E-state index in [4.69, 9.17) is 0 Å². The lowest BCUT2D eigenvalue weighted by atomic mass is 10.0. The summed E-state index contributed by atoms with van der Waals surface area (Å²) < 4.78 is 0. The molecule has 2 nitrogen and oxygen atoms in total. The molecule has 0 saturated carbocycles. The minimum absolute atomic E-state index is 0.0213. The van der Waals surface area contributed by atoms with Crippen molar-refractivity contribution in [2.45, 2.75) is 50.4 Å². The molecular formula is C10H18BrNO. The fourth-order valence-corrected chi connectivity index (χ4v) is 2.04. The van der Waals surface area contributed by atoms with Gasteiger partial charge in [-0.15, -0.1) is 0 Å². The third-order valence-corrected chi connectivity index (χ3v) is 3.75. The van der Waals surface area contributed by atoms with Gasteiger partial charge in [-0.1, -0.05) is 22.9 Å². The monoisotopic (exact) mass is 247 g/mol. The van der Waals surface area contributed by atoms with Crippen molar-refractivity contribution in [2.24, 2.45) is 0 Å². The molecule has 0 bridgehead atoms. The van der Waals surface area contributed by atoms with Crippen LogP contribution in [0, 0.1) is 0 Å². The van der Waals surface area contributed by atoms with E-state index < -0.39 is 0 Å². The van der Waals surface area contributed by atoms with E-state index in [1.165, 1.54) is 12.8 Å². The number of halogens is 1. The lowest BCUT2D eigenvalue weighted by molar-refractivity contribution is -0.133. The van der Waals surface area contributed by atoms with E-state index in [-0.39, 0.29) is 10.7 Å². The van der Waals surface area contributed by atoms with E-state index in [1.807, 2.05) is 11.8 Å². The summed E-state index contributed by atoms with van der Waals surface area (Å²) >= 11 is 3.41. The van der Waals surface area contributed by atoms with E-state index >= 15 is 0 Å². The molecule has 1 aliphatic rings. The normalized spacial score (nSPS) is 25.8. The summed E-state index contributed by atoms with van der Waals surface area (Å²) in [5.41, 5.74) is 0. The van der Waals surface area contributed by atoms with Crippen molar-refractivity contribution >= 4 is 21.8 Å². The van der Waals surface area contributed by atoms with Gasteiger partial charge in [-0.2, -0.15) is 0 Å². The molecule has 0 aromatic carbocycles. The largest absolute Gasteiger partial charge is 0.339 e. The van der Waals surface area contributed by atoms with Crippen LogP contribution in [0.1, 0.15) is 39.5 Å². The van der Waals surface area contributed by atoms with Crippen LogP contribution in [0.5, 0.6) is 0 Å². The van der Waals surface area contributed by atoms with Crippen LogP contribution in [0.3, 0.4) is 0 Å². The number of carbonyl (C=O) groups excluding carboxylic acids is 1. The lowest BCUT2D eigenvalue weighted by Gasteiger charge is -2.34. The molecule has 1 aliphatic heterocycles. The highest BCUT2D eigenvalue weighted by molar-refractivity contribution is 9.10. The second-order valence-electron chi connectivity index (χ2n) is 3.75. The smallest absolute Gasteiger partial charge is 0.236 e. The predicted molar refractivity (Wildman–Crippen MR) is 58.0 cm³/mol. The maximum Gasteiger partial charge on any atom is 0.236 e. The summed E-state index contributed by atoms with van der Waals surface area (Å²) in [4.78, 5) is 13.9. The maximum absolute atomic E-state index is 11.8. The Hall–Kier alpha value is -0.0500. The number of alkyl halides is 1. The molecule has 0 N–H and O–H groups in total. The molecule has 1 amide bonds. The SMILES string of the molecule is CC[C@H](Br)C(=O)N1CCCC[C@@H]1C. The Bertz CT molecular complexity index is 184. The first-order valence-corrected chi connectivity index (χ1v) is 6.03. The molecule has 1 saturated heterocycles. The van der Waals surface area contributed by atoms with Crippen molar-refractivity contribution in [3.63, 3.8) is 0 Å². The molecule has 13 heavy (non-hydrogen) atoms. The van der Waals surface area contributed by atoms with Crippen LogP contribution in [0.2, 0.25) is 0 Å². The number of nitrogens with zero attached hydrogens (tertiary/aromatic N) is 1. The summed E-state index contributed by atoms with van der Waals surface area (Å²) in [6.45, 7) is 5.13. The van der Waals surface area contributed by atoms with E-state index in [0.29, 0.717) is 6.04 Å². The summed E-state index contributed by atoms with van der Waals surface area (Å²) in [6.07, 6.45) is 4.47. The third-order valence-electron chi connectivity index (χ3n) is 2.71. The predicted octanol–water partition coefficient (Wildman–Crippen LogP) is 2.56. The minimum atomic E-state index is 0.0213. The van der Waals surface area contributed by atoms with Gasteiger partial charge >= 0.3 is 0 Å². The molecule has 1 heterocycles. The van der Waals surface area contributed by atoms with Gasteiger partial charge in [-0.05, 0) is 32.6 Å². The van der Waals surface area contributed by atoms with Crippen LogP contribution >= 0.6 is 15.9 Å². The van der Waals surface area contributed by atoms with Crippen LogP contribution in [0.25, 0.3) is 0 Å². The van der Waals surface area contributed by atoms with Crippen LogP contribution in [0.15, 0.2) is 0 Å². The zero-order valence-corrected chi connectivity index (χ0v) is 10.0. The first kappa shape index (κ1) is 11.0. The standard InChI is InChI=1S/C10H18BrNO/c1-3-9(11)10(13)12-7-5-4-6-8(12)2/h8-9H,3-7H2,1-2H3/t8-,9-/m0/s1. The number of hydrogen-bond acceptors (Lipinski definition) is 1. The van der Waals surface area contributed by atoms with Crippen molar-refractivity contribution < 1.29 is 4.79 Å². The van der Waals surface area contributed by atoms with Crippen LogP contribution in [-0.4, -0.2) is 28.2 Å². The highest BCUT2D eigenvalue weighted by atomic mass is 79.9. The Kier molecular flexibility index (Phi) is 4.23. The molecule has 1 fully saturated rings. The second kappa shape index (κ2) is 4.99. The Morgan fingerprint density at radius 2 is 2.31 bits per heavy atom. The van der Waals surface area contributed by atoms with Crippen molar-refractivity contribution in [3.05, 3.63) is 0 Å². The van der Waals surface area contributed by atoms with Crippen LogP contribution in [-0.2, 0) is 4.79 Å². The van der Waals surface area contributed by atoms with Gasteiger partial charge < -0.3 is 4.90 Å². The maximum atomic E-state index is 11.8. The van der Waals surface area contributed by atoms with E-state index in [9.17, 15) is 4.79 Å². The van der Waals surface area contributed by atoms with Crippen molar-refractivity contribution in [3.8, 4) is 0 Å². The highest BCUT2D eigenvalue weighted by Crippen LogP contribution is 2.20. The zero-order chi connectivity index (χ0) is 9.84. The molecule has 0 aromatic rings. The molecule has 3 heteroatoms. The first-order valence-electron chi connectivity index (χ1n) is 5.11. The van der Waals surface area contributed by atoms with Gasteiger partial charge in [0.2, 0.25) is 5.91 Å². The summed E-state index contributed by atoms with van der Waals surface area (Å²) in [6, 6.07) is 0.438. The number of amides is 1. The molecule has 0 unspecified atom stereocenters. The Morgan fingerprint density at radius 3 is 2.85 bits per heavy atom. The first-order chi connectivity index (χ1) is 6.16.